The topological polar surface area (TPSA) is 24.5 Å². The molecule has 1 heterocycles. The summed E-state index contributed by atoms with van der Waals surface area (Å²) >= 11 is 0. The molecule has 0 aromatic heterocycles. The molecule has 1 aliphatic heterocycles. The highest BCUT2D eigenvalue weighted by Crippen LogP contribution is 2.25. The summed E-state index contributed by atoms with van der Waals surface area (Å²) in [5.41, 5.74) is 1.34. The van der Waals surface area contributed by atoms with Crippen LogP contribution in [0, 0.1) is 5.92 Å². The molecule has 3 nitrogen and oxygen atoms in total. The summed E-state index contributed by atoms with van der Waals surface area (Å²) in [6.45, 7) is 9.19. The van der Waals surface area contributed by atoms with Crippen molar-refractivity contribution in [2.24, 2.45) is 5.92 Å². The smallest absolute Gasteiger partial charge is 0.119 e. The minimum absolute atomic E-state index is 0.442. The summed E-state index contributed by atoms with van der Waals surface area (Å²) in [7, 11) is 1.73. The number of benzene rings is 1. The maximum Gasteiger partial charge on any atom is 0.119 e. The first kappa shape index (κ1) is 15.3. The minimum Gasteiger partial charge on any atom is -0.497 e. The van der Waals surface area contributed by atoms with Crippen LogP contribution in [0.15, 0.2) is 24.3 Å². The lowest BCUT2D eigenvalue weighted by atomic mass is 9.97. The third-order valence-corrected chi connectivity index (χ3v) is 4.42. The quantitative estimate of drug-likeness (QED) is 0.864. The molecule has 2 atom stereocenters. The number of ether oxygens (including phenoxy) is 1. The molecule has 0 radical (unpaired) electrons. The Kier molecular flexibility index (Phi) is 5.86. The largest absolute Gasteiger partial charge is 0.497 e. The van der Waals surface area contributed by atoms with Crippen LogP contribution in [0.4, 0.5) is 0 Å². The lowest BCUT2D eigenvalue weighted by Crippen LogP contribution is -2.39. The third kappa shape index (κ3) is 3.97. The van der Waals surface area contributed by atoms with Crippen molar-refractivity contribution < 1.29 is 4.74 Å². The van der Waals surface area contributed by atoms with Crippen molar-refractivity contribution in [2.45, 2.75) is 32.7 Å². The fourth-order valence-corrected chi connectivity index (χ4v) is 3.08. The van der Waals surface area contributed by atoms with Gasteiger partial charge in [-0.25, -0.2) is 0 Å². The fraction of sp³-hybridized carbons (Fsp3) is 0.647. The highest BCUT2D eigenvalue weighted by molar-refractivity contribution is 5.30. The number of hydrogen-bond acceptors (Lipinski definition) is 3. The highest BCUT2D eigenvalue weighted by Gasteiger charge is 2.20. The maximum absolute atomic E-state index is 5.34. The average molecular weight is 276 g/mol. The number of methoxy groups -OCH3 is 1. The van der Waals surface area contributed by atoms with Crippen LogP contribution in [0.25, 0.3) is 0 Å². The van der Waals surface area contributed by atoms with Gasteiger partial charge >= 0.3 is 0 Å². The molecule has 0 spiro atoms. The fourth-order valence-electron chi connectivity index (χ4n) is 3.08. The molecular weight excluding hydrogens is 248 g/mol. The van der Waals surface area contributed by atoms with Gasteiger partial charge in [0.15, 0.2) is 0 Å². The van der Waals surface area contributed by atoms with Gasteiger partial charge in [-0.2, -0.15) is 0 Å². The summed E-state index contributed by atoms with van der Waals surface area (Å²) in [6.07, 6.45) is 2.67. The van der Waals surface area contributed by atoms with Gasteiger partial charge in [-0.05, 0) is 63.0 Å². The van der Waals surface area contributed by atoms with Crippen molar-refractivity contribution in [1.29, 1.82) is 0 Å². The molecule has 2 rings (SSSR count). The van der Waals surface area contributed by atoms with Crippen LogP contribution in [0.5, 0.6) is 5.75 Å². The Bertz CT molecular complexity index is 402. The molecule has 1 saturated heterocycles. The second-order valence-electron chi connectivity index (χ2n) is 5.75. The predicted molar refractivity (Wildman–Crippen MR) is 84.2 cm³/mol. The van der Waals surface area contributed by atoms with Gasteiger partial charge in [0.25, 0.3) is 0 Å². The zero-order chi connectivity index (χ0) is 14.4. The molecule has 1 aliphatic rings. The Balaban J connectivity index is 2.01. The summed E-state index contributed by atoms with van der Waals surface area (Å²) < 4.78 is 5.34. The van der Waals surface area contributed by atoms with Crippen LogP contribution < -0.4 is 10.1 Å². The Morgan fingerprint density at radius 1 is 1.45 bits per heavy atom. The molecule has 0 aliphatic carbocycles. The molecule has 0 amide bonds. The van der Waals surface area contributed by atoms with Crippen LogP contribution in [-0.4, -0.2) is 38.2 Å². The molecule has 1 aromatic rings. The molecule has 2 unspecified atom stereocenters. The normalized spacial score (nSPS) is 20.9. The second kappa shape index (κ2) is 7.65. The van der Waals surface area contributed by atoms with Crippen LogP contribution in [-0.2, 0) is 0 Å². The SMILES string of the molecule is CCN(CC1CCCNC1)C(C)c1cccc(OC)c1. The van der Waals surface area contributed by atoms with E-state index >= 15 is 0 Å². The molecule has 112 valence electrons. The Morgan fingerprint density at radius 3 is 2.95 bits per heavy atom. The molecule has 1 fully saturated rings. The van der Waals surface area contributed by atoms with Gasteiger partial charge in [-0.15, -0.1) is 0 Å². The van der Waals surface area contributed by atoms with E-state index in [-0.39, 0.29) is 0 Å². The number of piperidine rings is 1. The van der Waals surface area contributed by atoms with Gasteiger partial charge in [-0.1, -0.05) is 19.1 Å². The monoisotopic (exact) mass is 276 g/mol. The zero-order valence-electron chi connectivity index (χ0n) is 13.1. The number of rotatable bonds is 6. The van der Waals surface area contributed by atoms with Crippen LogP contribution >= 0.6 is 0 Å². The van der Waals surface area contributed by atoms with Crippen molar-refractivity contribution in [3.63, 3.8) is 0 Å². The van der Waals surface area contributed by atoms with Crippen molar-refractivity contribution in [1.82, 2.24) is 10.2 Å². The van der Waals surface area contributed by atoms with E-state index in [2.05, 4.69) is 42.3 Å². The van der Waals surface area contributed by atoms with Gasteiger partial charge in [0, 0.05) is 12.6 Å². The summed E-state index contributed by atoms with van der Waals surface area (Å²) in [6, 6.07) is 8.90. The number of nitrogens with one attached hydrogen (secondary N) is 1. The number of hydrogen-bond donors (Lipinski definition) is 1. The van der Waals surface area contributed by atoms with Crippen molar-refractivity contribution >= 4 is 0 Å². The molecule has 3 heteroatoms. The number of nitrogens with zero attached hydrogens (tertiary/aromatic N) is 1. The molecule has 0 bridgehead atoms. The zero-order valence-corrected chi connectivity index (χ0v) is 13.1. The predicted octanol–water partition coefficient (Wildman–Crippen LogP) is 3.08. The van der Waals surface area contributed by atoms with Crippen molar-refractivity contribution in [2.75, 3.05) is 33.3 Å². The first-order chi connectivity index (χ1) is 9.74. The van der Waals surface area contributed by atoms with E-state index < -0.39 is 0 Å². The minimum atomic E-state index is 0.442. The van der Waals surface area contributed by atoms with Gasteiger partial charge < -0.3 is 10.1 Å². The Morgan fingerprint density at radius 2 is 2.30 bits per heavy atom. The molecule has 0 saturated carbocycles. The second-order valence-corrected chi connectivity index (χ2v) is 5.75. The van der Waals surface area contributed by atoms with Crippen LogP contribution in [0.1, 0.15) is 38.3 Å². The van der Waals surface area contributed by atoms with E-state index in [1.165, 1.54) is 38.0 Å². The van der Waals surface area contributed by atoms with E-state index in [1.54, 1.807) is 7.11 Å². The van der Waals surface area contributed by atoms with Crippen molar-refractivity contribution in [3.8, 4) is 5.75 Å². The lowest BCUT2D eigenvalue weighted by molar-refractivity contribution is 0.171. The molecular formula is C17H28N2O. The van der Waals surface area contributed by atoms with E-state index in [1.807, 2.05) is 6.07 Å². The summed E-state index contributed by atoms with van der Waals surface area (Å²) in [5.74, 6) is 1.74. The van der Waals surface area contributed by atoms with E-state index in [0.29, 0.717) is 6.04 Å². The van der Waals surface area contributed by atoms with Crippen LogP contribution in [0.3, 0.4) is 0 Å². The Labute approximate surface area is 123 Å². The van der Waals surface area contributed by atoms with Gasteiger partial charge in [0.2, 0.25) is 0 Å². The lowest BCUT2D eigenvalue weighted by Gasteiger charge is -2.33. The van der Waals surface area contributed by atoms with E-state index in [4.69, 9.17) is 4.74 Å². The first-order valence-corrected chi connectivity index (χ1v) is 7.83. The third-order valence-electron chi connectivity index (χ3n) is 4.42. The highest BCUT2D eigenvalue weighted by atomic mass is 16.5. The van der Waals surface area contributed by atoms with Gasteiger partial charge in [0.1, 0.15) is 5.75 Å². The molecule has 20 heavy (non-hydrogen) atoms. The maximum atomic E-state index is 5.34. The van der Waals surface area contributed by atoms with E-state index in [0.717, 1.165) is 18.2 Å². The molecule has 1 aromatic carbocycles. The summed E-state index contributed by atoms with van der Waals surface area (Å²) in [4.78, 5) is 2.58. The standard InChI is InChI=1S/C17H28N2O/c1-4-19(13-15-7-6-10-18-12-15)14(2)16-8-5-9-17(11-16)20-3/h5,8-9,11,14-15,18H,4,6-7,10,12-13H2,1-3H3. The average Bonchev–Trinajstić information content (AvgIpc) is 2.53. The molecule has 1 N–H and O–H groups in total. The van der Waals surface area contributed by atoms with Gasteiger partial charge in [-0.3, -0.25) is 4.90 Å². The summed E-state index contributed by atoms with van der Waals surface area (Å²) in [5, 5.41) is 3.51. The van der Waals surface area contributed by atoms with Crippen molar-refractivity contribution in [3.05, 3.63) is 29.8 Å². The van der Waals surface area contributed by atoms with Gasteiger partial charge in [0.05, 0.1) is 7.11 Å². The first-order valence-electron chi connectivity index (χ1n) is 7.83. The van der Waals surface area contributed by atoms with E-state index in [9.17, 15) is 0 Å². The Hall–Kier alpha value is -1.06. The van der Waals surface area contributed by atoms with Crippen LogP contribution in [0.2, 0.25) is 0 Å².